The third-order valence-electron chi connectivity index (χ3n) is 6.51. The number of amides is 2. The molecule has 38 heavy (non-hydrogen) atoms. The summed E-state index contributed by atoms with van der Waals surface area (Å²) in [6, 6.07) is 12.2. The first-order valence-corrected chi connectivity index (χ1v) is 13.1. The van der Waals surface area contributed by atoms with Gasteiger partial charge in [0.25, 0.3) is 11.8 Å². The van der Waals surface area contributed by atoms with E-state index in [9.17, 15) is 22.8 Å². The molecule has 0 atom stereocenters. The van der Waals surface area contributed by atoms with Crippen LogP contribution in [-0.4, -0.2) is 51.1 Å². The highest BCUT2D eigenvalue weighted by atomic mass is 32.1. The molecule has 1 N–H and O–H groups in total. The van der Waals surface area contributed by atoms with Gasteiger partial charge in [0.05, 0.1) is 21.0 Å². The van der Waals surface area contributed by atoms with E-state index in [0.717, 1.165) is 35.9 Å². The molecule has 1 saturated carbocycles. The van der Waals surface area contributed by atoms with Gasteiger partial charge >= 0.3 is 6.18 Å². The summed E-state index contributed by atoms with van der Waals surface area (Å²) in [7, 11) is 1.78. The summed E-state index contributed by atoms with van der Waals surface area (Å²) in [5.74, 6) is -0.229. The van der Waals surface area contributed by atoms with Gasteiger partial charge in [-0.05, 0) is 49.4 Å². The molecule has 2 aromatic carbocycles. The quantitative estimate of drug-likeness (QED) is 0.328. The van der Waals surface area contributed by atoms with E-state index in [1.807, 2.05) is 24.3 Å². The van der Waals surface area contributed by atoms with E-state index in [2.05, 4.69) is 15.4 Å². The summed E-state index contributed by atoms with van der Waals surface area (Å²) in [5.41, 5.74) is 1.14. The Hall–Kier alpha value is -3.73. The molecule has 0 saturated heterocycles. The highest BCUT2D eigenvalue weighted by Crippen LogP contribution is 2.35. The Morgan fingerprint density at radius 2 is 1.82 bits per heavy atom. The molecular weight excluding hydrogens is 515 g/mol. The monoisotopic (exact) mass is 541 g/mol. The zero-order valence-corrected chi connectivity index (χ0v) is 21.7. The number of aromatic nitrogens is 3. The number of hydrogen-bond donors (Lipinski definition) is 1. The number of alkyl halides is 3. The van der Waals surface area contributed by atoms with Crippen molar-refractivity contribution in [3.05, 3.63) is 70.5 Å². The van der Waals surface area contributed by atoms with Crippen LogP contribution < -0.4 is 5.32 Å². The van der Waals surface area contributed by atoms with Gasteiger partial charge in [0, 0.05) is 32.1 Å². The zero-order chi connectivity index (χ0) is 27.0. The molecule has 2 aromatic heterocycles. The largest absolute Gasteiger partial charge is 0.416 e. The average Bonchev–Trinajstić information content (AvgIpc) is 3.53. The van der Waals surface area contributed by atoms with Crippen molar-refractivity contribution < 1.29 is 22.8 Å². The number of halogens is 3. The lowest BCUT2D eigenvalue weighted by molar-refractivity contribution is -0.137. The lowest BCUT2D eigenvalue weighted by atomic mass is 10.1. The summed E-state index contributed by atoms with van der Waals surface area (Å²) >= 11 is 1.27. The molecule has 0 aliphatic heterocycles. The number of benzene rings is 2. The first kappa shape index (κ1) is 25.9. The van der Waals surface area contributed by atoms with Crippen LogP contribution in [0.2, 0.25) is 0 Å². The third-order valence-corrected chi connectivity index (χ3v) is 7.53. The molecule has 0 radical (unpaired) electrons. The normalized spacial score (nSPS) is 13.6. The van der Waals surface area contributed by atoms with Crippen molar-refractivity contribution >= 4 is 34.1 Å². The van der Waals surface area contributed by atoms with Gasteiger partial charge in [-0.15, -0.1) is 11.3 Å². The highest BCUT2D eigenvalue weighted by Gasteiger charge is 2.32. The minimum Gasteiger partial charge on any atom is -0.349 e. The Labute approximate surface area is 221 Å². The number of nitrogens with zero attached hydrogens (tertiary/aromatic N) is 4. The summed E-state index contributed by atoms with van der Waals surface area (Å²) < 4.78 is 40.7. The van der Waals surface area contributed by atoms with E-state index in [1.165, 1.54) is 23.5 Å². The lowest BCUT2D eigenvalue weighted by Gasteiger charge is -2.22. The van der Waals surface area contributed by atoms with E-state index >= 15 is 0 Å². The van der Waals surface area contributed by atoms with Crippen LogP contribution in [0, 0.1) is 12.8 Å². The van der Waals surface area contributed by atoms with Crippen molar-refractivity contribution in [3.63, 3.8) is 0 Å². The van der Waals surface area contributed by atoms with Gasteiger partial charge in [-0.3, -0.25) is 14.3 Å². The molecule has 11 heteroatoms. The van der Waals surface area contributed by atoms with Gasteiger partial charge in [0.1, 0.15) is 5.69 Å². The van der Waals surface area contributed by atoms with Crippen molar-refractivity contribution in [2.24, 2.45) is 13.0 Å². The topological polar surface area (TPSA) is 80.1 Å². The van der Waals surface area contributed by atoms with Gasteiger partial charge < -0.3 is 10.2 Å². The summed E-state index contributed by atoms with van der Waals surface area (Å²) in [6.07, 6.45) is -2.39. The van der Waals surface area contributed by atoms with Crippen LogP contribution in [0.5, 0.6) is 0 Å². The standard InChI is InChI=1S/C27H26F3N5O2S/c1-16-32-23(24(38-16)18-9-11-19(12-10-18)27(28,29)30)26(37)35(15-17-7-8-17)14-13-31-25(36)22-20-5-3-4-6-21(20)34(2)33-22/h3-6,9-12,17H,7-8,13-15H2,1-2H3,(H,31,36). The molecule has 1 aliphatic rings. The molecule has 1 aliphatic carbocycles. The van der Waals surface area contributed by atoms with Crippen molar-refractivity contribution in [1.29, 1.82) is 0 Å². The fraction of sp³-hybridized carbons (Fsp3) is 0.333. The van der Waals surface area contributed by atoms with Crippen LogP contribution in [-0.2, 0) is 13.2 Å². The Kier molecular flexibility index (Phi) is 6.95. The first-order chi connectivity index (χ1) is 18.1. The molecule has 0 bridgehead atoms. The maximum absolute atomic E-state index is 13.6. The number of fused-ring (bicyclic) bond motifs is 1. The molecule has 7 nitrogen and oxygen atoms in total. The van der Waals surface area contributed by atoms with Crippen LogP contribution >= 0.6 is 11.3 Å². The number of rotatable bonds is 8. The summed E-state index contributed by atoms with van der Waals surface area (Å²) in [4.78, 5) is 33.2. The van der Waals surface area contributed by atoms with Crippen LogP contribution in [0.15, 0.2) is 48.5 Å². The second kappa shape index (κ2) is 10.2. The van der Waals surface area contributed by atoms with Gasteiger partial charge in [-0.25, -0.2) is 4.98 Å². The van der Waals surface area contributed by atoms with Crippen molar-refractivity contribution in [2.45, 2.75) is 25.9 Å². The molecule has 198 valence electrons. The van der Waals surface area contributed by atoms with Gasteiger partial charge in [0.2, 0.25) is 0 Å². The SMILES string of the molecule is Cc1nc(C(=O)N(CCNC(=O)c2nn(C)c3ccccc23)CC2CC2)c(-c2ccc(C(F)(F)F)cc2)s1. The van der Waals surface area contributed by atoms with E-state index in [0.29, 0.717) is 33.6 Å². The van der Waals surface area contributed by atoms with Gasteiger partial charge in [0.15, 0.2) is 5.69 Å². The predicted molar refractivity (Wildman–Crippen MR) is 139 cm³/mol. The molecule has 0 unspecified atom stereocenters. The van der Waals surface area contributed by atoms with Crippen molar-refractivity contribution in [1.82, 2.24) is 25.0 Å². The van der Waals surface area contributed by atoms with E-state index in [1.54, 1.807) is 23.6 Å². The minimum atomic E-state index is -4.44. The molecule has 0 spiro atoms. The van der Waals surface area contributed by atoms with E-state index in [-0.39, 0.29) is 30.6 Å². The number of hydrogen-bond acceptors (Lipinski definition) is 5. The summed E-state index contributed by atoms with van der Waals surface area (Å²) in [5, 5.41) is 8.61. The number of aryl methyl sites for hydroxylation is 2. The van der Waals surface area contributed by atoms with E-state index in [4.69, 9.17) is 0 Å². The fourth-order valence-corrected chi connectivity index (χ4v) is 5.30. The van der Waals surface area contributed by atoms with Crippen LogP contribution in [0.3, 0.4) is 0 Å². The van der Waals surface area contributed by atoms with Crippen molar-refractivity contribution in [2.75, 3.05) is 19.6 Å². The predicted octanol–water partition coefficient (Wildman–Crippen LogP) is 5.31. The third kappa shape index (κ3) is 5.42. The molecule has 2 heterocycles. The Morgan fingerprint density at radius 1 is 1.11 bits per heavy atom. The average molecular weight is 542 g/mol. The summed E-state index contributed by atoms with van der Waals surface area (Å²) in [6.45, 7) is 2.79. The molecule has 1 fully saturated rings. The zero-order valence-electron chi connectivity index (χ0n) is 20.9. The van der Waals surface area contributed by atoms with Crippen molar-refractivity contribution in [3.8, 4) is 10.4 Å². The Bertz CT molecular complexity index is 1490. The van der Waals surface area contributed by atoms with Crippen LogP contribution in [0.1, 0.15) is 44.4 Å². The number of carbonyl (C=O) groups excluding carboxylic acids is 2. The van der Waals surface area contributed by atoms with Crippen LogP contribution in [0.25, 0.3) is 21.3 Å². The molecule has 2 amide bonds. The molecule has 5 rings (SSSR count). The molecular formula is C27H26F3N5O2S. The second-order valence-corrected chi connectivity index (χ2v) is 10.6. The van der Waals surface area contributed by atoms with Gasteiger partial charge in [-0.1, -0.05) is 30.3 Å². The Balaban J connectivity index is 1.32. The first-order valence-electron chi connectivity index (χ1n) is 12.3. The van der Waals surface area contributed by atoms with E-state index < -0.39 is 11.7 Å². The number of thiazole rings is 1. The number of carbonyl (C=O) groups is 2. The van der Waals surface area contributed by atoms with Gasteiger partial charge in [-0.2, -0.15) is 18.3 Å². The second-order valence-electron chi connectivity index (χ2n) is 9.43. The minimum absolute atomic E-state index is 0.218. The van der Waals surface area contributed by atoms with Crippen LogP contribution in [0.4, 0.5) is 13.2 Å². The maximum atomic E-state index is 13.6. The fourth-order valence-electron chi connectivity index (χ4n) is 4.39. The Morgan fingerprint density at radius 3 is 2.50 bits per heavy atom. The number of para-hydroxylation sites is 1. The lowest BCUT2D eigenvalue weighted by Crippen LogP contribution is -2.40. The maximum Gasteiger partial charge on any atom is 0.416 e. The number of nitrogens with one attached hydrogen (secondary N) is 1. The molecule has 4 aromatic rings. The highest BCUT2D eigenvalue weighted by molar-refractivity contribution is 7.15. The smallest absolute Gasteiger partial charge is 0.349 e.